The second-order valence-corrected chi connectivity index (χ2v) is 11.5. The van der Waals surface area contributed by atoms with Crippen molar-refractivity contribution < 1.29 is 19.1 Å². The van der Waals surface area contributed by atoms with E-state index in [4.69, 9.17) is 9.47 Å². The van der Waals surface area contributed by atoms with Crippen LogP contribution in [0.1, 0.15) is 59.3 Å². The number of ether oxygens (including phenoxy) is 2. The van der Waals surface area contributed by atoms with Crippen molar-refractivity contribution in [3.05, 3.63) is 0 Å². The lowest BCUT2D eigenvalue weighted by Gasteiger charge is -2.54. The lowest BCUT2D eigenvalue weighted by atomic mass is 9.73. The molecule has 2 N–H and O–H groups in total. The summed E-state index contributed by atoms with van der Waals surface area (Å²) in [6, 6.07) is 0.789. The molecule has 0 spiro atoms. The zero-order chi connectivity index (χ0) is 24.0. The van der Waals surface area contributed by atoms with Crippen LogP contribution in [-0.4, -0.2) is 96.6 Å². The van der Waals surface area contributed by atoms with Crippen LogP contribution in [0.25, 0.3) is 0 Å². The van der Waals surface area contributed by atoms with E-state index >= 15 is 0 Å². The van der Waals surface area contributed by atoms with Crippen molar-refractivity contribution >= 4 is 12.0 Å². The van der Waals surface area contributed by atoms with Crippen LogP contribution in [0.5, 0.6) is 0 Å². The van der Waals surface area contributed by atoms with Gasteiger partial charge in [0.15, 0.2) is 0 Å². The Labute approximate surface area is 203 Å². The molecule has 0 bridgehead atoms. The van der Waals surface area contributed by atoms with Crippen LogP contribution in [-0.2, 0) is 14.3 Å². The van der Waals surface area contributed by atoms with Crippen molar-refractivity contribution in [2.24, 2.45) is 17.8 Å². The summed E-state index contributed by atoms with van der Waals surface area (Å²) in [5, 5.41) is 5.78. The number of piperazine rings is 1. The zero-order valence-electron chi connectivity index (χ0n) is 21.2. The number of hydrazine groups is 1. The molecule has 7 unspecified atom stereocenters. The van der Waals surface area contributed by atoms with Gasteiger partial charge in [0.25, 0.3) is 0 Å². The highest BCUT2D eigenvalue weighted by Crippen LogP contribution is 2.41. The predicted octanol–water partition coefficient (Wildman–Crippen LogP) is 1.78. The van der Waals surface area contributed by atoms with Gasteiger partial charge in [-0.05, 0) is 63.2 Å². The Bertz CT molecular complexity index is 764. The molecular weight excluding hydrogens is 434 g/mol. The number of rotatable bonds is 4. The van der Waals surface area contributed by atoms with Gasteiger partial charge < -0.3 is 19.3 Å². The monoisotopic (exact) mass is 477 g/mol. The van der Waals surface area contributed by atoms with Crippen molar-refractivity contribution in [1.82, 2.24) is 25.6 Å². The van der Waals surface area contributed by atoms with E-state index in [1.807, 2.05) is 9.80 Å². The predicted molar refractivity (Wildman–Crippen MR) is 128 cm³/mol. The Hall–Kier alpha value is -1.42. The summed E-state index contributed by atoms with van der Waals surface area (Å²) in [5.74, 6) is 1.69. The number of hydrogen-bond donors (Lipinski definition) is 2. The lowest BCUT2D eigenvalue weighted by Crippen LogP contribution is -2.67. The fourth-order valence-corrected chi connectivity index (χ4v) is 7.03. The van der Waals surface area contributed by atoms with Gasteiger partial charge in [-0.15, -0.1) is 0 Å². The third-order valence-corrected chi connectivity index (χ3v) is 8.90. The van der Waals surface area contributed by atoms with Gasteiger partial charge in [0, 0.05) is 52.3 Å². The number of fused-ring (bicyclic) bond motifs is 1. The number of amides is 2. The number of nitrogens with one attached hydrogen (secondary N) is 2. The molecule has 0 radical (unpaired) electrons. The van der Waals surface area contributed by atoms with Gasteiger partial charge >= 0.3 is 6.09 Å². The van der Waals surface area contributed by atoms with Crippen LogP contribution >= 0.6 is 0 Å². The number of carbonyl (C=O) groups excluding carboxylic acids is 2. The molecule has 3 aliphatic heterocycles. The minimum Gasteiger partial charge on any atom is -0.442 e. The van der Waals surface area contributed by atoms with Gasteiger partial charge in [0.2, 0.25) is 5.91 Å². The Morgan fingerprint density at radius 1 is 0.941 bits per heavy atom. The van der Waals surface area contributed by atoms with Crippen LogP contribution in [0.15, 0.2) is 0 Å². The van der Waals surface area contributed by atoms with Crippen LogP contribution in [0.4, 0.5) is 4.79 Å². The molecule has 0 aromatic heterocycles. The third kappa shape index (κ3) is 4.81. The summed E-state index contributed by atoms with van der Waals surface area (Å²) in [5.41, 5.74) is 3.62. The normalized spacial score (nSPS) is 41.3. The van der Waals surface area contributed by atoms with Gasteiger partial charge in [0.05, 0.1) is 12.1 Å². The fourth-order valence-electron chi connectivity index (χ4n) is 7.03. The lowest BCUT2D eigenvalue weighted by molar-refractivity contribution is -0.143. The molecule has 192 valence electrons. The first-order valence-electron chi connectivity index (χ1n) is 13.4. The maximum Gasteiger partial charge on any atom is 0.410 e. The molecule has 3 saturated heterocycles. The number of hydrogen-bond acceptors (Lipinski definition) is 7. The van der Waals surface area contributed by atoms with Gasteiger partial charge in [0.1, 0.15) is 12.3 Å². The molecular formula is C25H43N5O4. The number of piperidine rings is 1. The third-order valence-electron chi connectivity index (χ3n) is 8.90. The standard InChI is InChI=1S/C25H43N5O4/c1-15-9-23(24(33-4)26-11-15)34-25(32)28-13-16(2)30(17(3)31)21-8-5-18(10-22(21)28)19-12-27-29(14-19)20-6-7-20/h15-16,18-24,26-27H,5-14H2,1-4H3/t15?,16-,18?,19?,21?,22?,23?,24?/m0/s1. The maximum atomic E-state index is 13.6. The van der Waals surface area contributed by atoms with Crippen molar-refractivity contribution in [3.63, 3.8) is 0 Å². The molecule has 2 saturated carbocycles. The van der Waals surface area contributed by atoms with Gasteiger partial charge in [-0.1, -0.05) is 6.92 Å². The largest absolute Gasteiger partial charge is 0.442 e. The molecule has 5 fully saturated rings. The average molecular weight is 478 g/mol. The zero-order valence-corrected chi connectivity index (χ0v) is 21.2. The van der Waals surface area contributed by atoms with Crippen molar-refractivity contribution in [1.29, 1.82) is 0 Å². The van der Waals surface area contributed by atoms with E-state index in [0.29, 0.717) is 24.3 Å². The van der Waals surface area contributed by atoms with Crippen LogP contribution in [0.3, 0.4) is 0 Å². The fraction of sp³-hybridized carbons (Fsp3) is 0.920. The molecule has 34 heavy (non-hydrogen) atoms. The summed E-state index contributed by atoms with van der Waals surface area (Å²) < 4.78 is 11.7. The molecule has 3 heterocycles. The van der Waals surface area contributed by atoms with E-state index in [9.17, 15) is 9.59 Å². The van der Waals surface area contributed by atoms with E-state index in [2.05, 4.69) is 29.6 Å². The van der Waals surface area contributed by atoms with E-state index < -0.39 is 0 Å². The van der Waals surface area contributed by atoms with E-state index in [0.717, 1.165) is 51.4 Å². The van der Waals surface area contributed by atoms with Crippen molar-refractivity contribution in [2.45, 2.75) is 95.8 Å². The van der Waals surface area contributed by atoms with Crippen LogP contribution in [0, 0.1) is 17.8 Å². The Morgan fingerprint density at radius 2 is 1.74 bits per heavy atom. The highest BCUT2D eigenvalue weighted by Gasteiger charge is 2.49. The summed E-state index contributed by atoms with van der Waals surface area (Å²) in [4.78, 5) is 30.2. The summed E-state index contributed by atoms with van der Waals surface area (Å²) >= 11 is 0. The number of carbonyl (C=O) groups is 2. The molecule has 2 amide bonds. The first-order valence-corrected chi connectivity index (χ1v) is 13.4. The van der Waals surface area contributed by atoms with Crippen molar-refractivity contribution in [2.75, 3.05) is 33.3 Å². The molecule has 9 nitrogen and oxygen atoms in total. The molecule has 8 atom stereocenters. The Kier molecular flexibility index (Phi) is 7.08. The Morgan fingerprint density at radius 3 is 2.44 bits per heavy atom. The van der Waals surface area contributed by atoms with Crippen LogP contribution in [0.2, 0.25) is 0 Å². The molecule has 2 aliphatic carbocycles. The molecule has 5 aliphatic rings. The van der Waals surface area contributed by atoms with E-state index in [-0.39, 0.29) is 42.5 Å². The van der Waals surface area contributed by atoms with E-state index in [1.54, 1.807) is 14.0 Å². The number of methoxy groups -OCH3 is 1. The highest BCUT2D eigenvalue weighted by molar-refractivity contribution is 5.75. The van der Waals surface area contributed by atoms with Crippen LogP contribution < -0.4 is 10.7 Å². The molecule has 5 rings (SSSR count). The smallest absolute Gasteiger partial charge is 0.410 e. The SMILES string of the molecule is COC1NCC(C)CC1OC(=O)N1C[C@H](C)N(C(C)=O)C2CCC(C3CNN(C4CC4)C3)CC21. The van der Waals surface area contributed by atoms with Crippen molar-refractivity contribution in [3.8, 4) is 0 Å². The minimum absolute atomic E-state index is 0.0105. The maximum absolute atomic E-state index is 13.6. The summed E-state index contributed by atoms with van der Waals surface area (Å²) in [6.07, 6.45) is 5.57. The molecule has 0 aromatic carbocycles. The second-order valence-electron chi connectivity index (χ2n) is 11.5. The Balaban J connectivity index is 1.31. The first-order chi connectivity index (χ1) is 16.4. The first kappa shape index (κ1) is 24.3. The average Bonchev–Trinajstić information content (AvgIpc) is 3.54. The second kappa shape index (κ2) is 9.91. The minimum atomic E-state index is -0.300. The summed E-state index contributed by atoms with van der Waals surface area (Å²) in [7, 11) is 1.66. The van der Waals surface area contributed by atoms with Gasteiger partial charge in [-0.2, -0.15) is 0 Å². The topological polar surface area (TPSA) is 86.4 Å². The van der Waals surface area contributed by atoms with E-state index in [1.165, 1.54) is 12.8 Å². The van der Waals surface area contributed by atoms with Gasteiger partial charge in [-0.25, -0.2) is 9.80 Å². The number of nitrogens with zero attached hydrogens (tertiary/aromatic N) is 3. The quantitative estimate of drug-likeness (QED) is 0.638. The molecule has 0 aromatic rings. The van der Waals surface area contributed by atoms with Gasteiger partial charge in [-0.3, -0.25) is 15.5 Å². The highest BCUT2D eigenvalue weighted by atomic mass is 16.6. The molecule has 9 heteroatoms. The summed E-state index contributed by atoms with van der Waals surface area (Å²) in [6.45, 7) is 9.40.